The summed E-state index contributed by atoms with van der Waals surface area (Å²) in [5.74, 6) is 0.756. The van der Waals surface area contributed by atoms with Crippen LogP contribution in [0.1, 0.15) is 78.6 Å². The van der Waals surface area contributed by atoms with Gasteiger partial charge in [-0.1, -0.05) is 0 Å². The van der Waals surface area contributed by atoms with Crippen molar-refractivity contribution in [3.63, 3.8) is 0 Å². The number of carbonyl (C=O) groups is 1. The van der Waals surface area contributed by atoms with Crippen LogP contribution in [-0.2, 0) is 4.79 Å². The van der Waals surface area contributed by atoms with Gasteiger partial charge in [-0.05, 0) is 0 Å². The van der Waals surface area contributed by atoms with Crippen LogP contribution in [0.2, 0.25) is 17.7 Å². The summed E-state index contributed by atoms with van der Waals surface area (Å²) in [5.41, 5.74) is 0. The Morgan fingerprint density at radius 3 is 2.00 bits per heavy atom. The fraction of sp³-hybridized carbons (Fsp3) is 0.947. The van der Waals surface area contributed by atoms with Crippen LogP contribution in [-0.4, -0.2) is 30.8 Å². The predicted octanol–water partition coefficient (Wildman–Crippen LogP) is 5.75. The summed E-state index contributed by atoms with van der Waals surface area (Å²) in [4.78, 5) is 12.4. The van der Waals surface area contributed by atoms with E-state index in [2.05, 4.69) is 26.1 Å². The van der Waals surface area contributed by atoms with Crippen molar-refractivity contribution in [3.05, 3.63) is 0 Å². The second kappa shape index (κ2) is 11.8. The van der Waals surface area contributed by atoms with Gasteiger partial charge in [0, 0.05) is 0 Å². The van der Waals surface area contributed by atoms with E-state index in [-0.39, 0.29) is 0 Å². The molecule has 2 nitrogen and oxygen atoms in total. The molecule has 1 aliphatic heterocycles. The van der Waals surface area contributed by atoms with E-state index in [9.17, 15) is 4.79 Å². The van der Waals surface area contributed by atoms with E-state index in [1.807, 2.05) is 0 Å². The van der Waals surface area contributed by atoms with E-state index in [1.165, 1.54) is 69.1 Å². The molecule has 130 valence electrons. The first kappa shape index (κ1) is 20.3. The first-order chi connectivity index (χ1) is 10.7. The first-order valence-corrected chi connectivity index (χ1v) is 18.0. The second-order valence-corrected chi connectivity index (χ2v) is 21.5. The molecular weight excluding hydrogens is 377 g/mol. The number of amides is 1. The van der Waals surface area contributed by atoms with Gasteiger partial charge in [-0.25, -0.2) is 0 Å². The maximum atomic E-state index is 12.4. The van der Waals surface area contributed by atoms with Gasteiger partial charge in [0.15, 0.2) is 0 Å². The fourth-order valence-electron chi connectivity index (χ4n) is 4.06. The van der Waals surface area contributed by atoms with Crippen molar-refractivity contribution in [1.29, 1.82) is 0 Å². The minimum absolute atomic E-state index is 0.365. The van der Waals surface area contributed by atoms with Crippen LogP contribution in [0.15, 0.2) is 0 Å². The Kier molecular flexibility index (Phi) is 10.8. The third-order valence-electron chi connectivity index (χ3n) is 5.51. The van der Waals surface area contributed by atoms with Crippen LogP contribution >= 0.6 is 0 Å². The number of nitrogens with one attached hydrogen (secondary N) is 1. The Morgan fingerprint density at radius 1 is 0.955 bits per heavy atom. The van der Waals surface area contributed by atoms with Crippen LogP contribution in [0.3, 0.4) is 0 Å². The van der Waals surface area contributed by atoms with Gasteiger partial charge in [-0.2, -0.15) is 0 Å². The summed E-state index contributed by atoms with van der Waals surface area (Å²) in [6.07, 6.45) is 11.8. The summed E-state index contributed by atoms with van der Waals surface area (Å²) in [7, 11) is 0. The summed E-state index contributed by atoms with van der Waals surface area (Å²) in [6.45, 7) is 7.90. The monoisotopic (exact) mass is 417 g/mol. The number of hydrogen-bond donors (Lipinski definition) is 1. The molecule has 1 rings (SSSR count). The normalized spacial score (nSPS) is 19.8. The van der Waals surface area contributed by atoms with Gasteiger partial charge in [0.1, 0.15) is 0 Å². The van der Waals surface area contributed by atoms with Crippen LogP contribution < -0.4 is 5.32 Å². The average Bonchev–Trinajstić information content (AvgIpc) is 2.73. The van der Waals surface area contributed by atoms with Crippen molar-refractivity contribution in [2.24, 2.45) is 5.92 Å². The van der Waals surface area contributed by atoms with Gasteiger partial charge >= 0.3 is 143 Å². The molecule has 0 aromatic rings. The summed E-state index contributed by atoms with van der Waals surface area (Å²) in [5, 5.41) is 3.18. The third-order valence-corrected chi connectivity index (χ3v) is 21.5. The zero-order valence-electron chi connectivity index (χ0n) is 15.4. The molecule has 0 bridgehead atoms. The Balaban J connectivity index is 2.80. The van der Waals surface area contributed by atoms with Crippen molar-refractivity contribution in [1.82, 2.24) is 5.32 Å². The second-order valence-electron chi connectivity index (χ2n) is 7.50. The van der Waals surface area contributed by atoms with E-state index in [0.717, 1.165) is 13.0 Å². The van der Waals surface area contributed by atoms with Gasteiger partial charge in [0.25, 0.3) is 0 Å². The van der Waals surface area contributed by atoms with Gasteiger partial charge in [0.2, 0.25) is 0 Å². The molecule has 1 fully saturated rings. The third kappa shape index (κ3) is 7.23. The summed E-state index contributed by atoms with van der Waals surface area (Å²) in [6, 6.07) is 0. The van der Waals surface area contributed by atoms with E-state index in [1.54, 1.807) is 0 Å². The molecule has 0 radical (unpaired) electrons. The number of carbonyl (C=O) groups excluding carboxylic acids is 1. The molecule has 1 atom stereocenters. The topological polar surface area (TPSA) is 29.1 Å². The van der Waals surface area contributed by atoms with Gasteiger partial charge < -0.3 is 0 Å². The Morgan fingerprint density at radius 2 is 1.50 bits per heavy atom. The summed E-state index contributed by atoms with van der Waals surface area (Å²) < 4.78 is 5.96. The van der Waals surface area contributed by atoms with Crippen molar-refractivity contribution in [3.8, 4) is 0 Å². The fourth-order valence-corrected chi connectivity index (χ4v) is 21.5. The predicted molar refractivity (Wildman–Crippen MR) is 100 cm³/mol. The minimum atomic E-state index is -2.14. The molecule has 1 amide bonds. The number of hydrogen-bond acceptors (Lipinski definition) is 1. The maximum absolute atomic E-state index is 12.4. The Hall–Kier alpha value is 0.269. The van der Waals surface area contributed by atoms with Crippen LogP contribution in [0.5, 0.6) is 0 Å². The van der Waals surface area contributed by atoms with Crippen molar-refractivity contribution in [2.45, 2.75) is 96.3 Å². The molecule has 1 saturated heterocycles. The van der Waals surface area contributed by atoms with Crippen molar-refractivity contribution in [2.75, 3.05) is 6.54 Å². The van der Waals surface area contributed by atoms with E-state index in [0.29, 0.717) is 11.8 Å². The standard InChI is InChI=1S/C7H12NO.3C4H9.Sn/c1-6-4-2-3-5-8-7(6)9;3*1-3-4-2;/h6H,1-5H2,(H,8,9);3*1,3-4H2,2H3;. The number of rotatable bonds is 11. The molecule has 0 aromatic heterocycles. The van der Waals surface area contributed by atoms with Crippen LogP contribution in [0, 0.1) is 5.92 Å². The van der Waals surface area contributed by atoms with Crippen molar-refractivity contribution >= 4 is 24.3 Å². The molecule has 1 unspecified atom stereocenters. The molecule has 3 heteroatoms. The van der Waals surface area contributed by atoms with Crippen LogP contribution in [0.4, 0.5) is 0 Å². The Bertz CT molecular complexity index is 284. The van der Waals surface area contributed by atoms with E-state index in [4.69, 9.17) is 0 Å². The molecule has 0 saturated carbocycles. The van der Waals surface area contributed by atoms with Gasteiger partial charge in [0.05, 0.1) is 0 Å². The van der Waals surface area contributed by atoms with E-state index >= 15 is 0 Å². The number of unbranched alkanes of at least 4 members (excludes halogenated alkanes) is 3. The van der Waals surface area contributed by atoms with Crippen LogP contribution in [0.25, 0.3) is 0 Å². The first-order valence-electron chi connectivity index (χ1n) is 9.95. The molecular formula is C19H39NOSn. The van der Waals surface area contributed by atoms with Gasteiger partial charge in [-0.15, -0.1) is 0 Å². The van der Waals surface area contributed by atoms with Gasteiger partial charge in [-0.3, -0.25) is 0 Å². The molecule has 0 aromatic carbocycles. The quantitative estimate of drug-likeness (QED) is 0.427. The van der Waals surface area contributed by atoms with Crippen molar-refractivity contribution < 1.29 is 4.79 Å². The molecule has 22 heavy (non-hydrogen) atoms. The average molecular weight is 416 g/mol. The molecule has 1 N–H and O–H groups in total. The molecule has 1 heterocycles. The zero-order chi connectivity index (χ0) is 16.3. The Labute approximate surface area is 143 Å². The zero-order valence-corrected chi connectivity index (χ0v) is 18.2. The van der Waals surface area contributed by atoms with E-state index < -0.39 is 18.4 Å². The molecule has 0 spiro atoms. The molecule has 1 aliphatic rings. The molecule has 0 aliphatic carbocycles. The summed E-state index contributed by atoms with van der Waals surface area (Å²) >= 11 is -2.14. The SMILES string of the molecule is CCC[CH2][Sn]([CH2]CCC)([CH2]CCC)[CH2]C1CCCCNC1=O.